The molecule has 2 rings (SSSR count). The average molecular weight is 282 g/mol. The van der Waals surface area contributed by atoms with Crippen LogP contribution < -0.4 is 9.47 Å². The van der Waals surface area contributed by atoms with E-state index in [9.17, 15) is 5.11 Å². The van der Waals surface area contributed by atoms with Crippen molar-refractivity contribution in [2.24, 2.45) is 0 Å². The van der Waals surface area contributed by atoms with Gasteiger partial charge in [0.05, 0.1) is 19.3 Å². The lowest BCUT2D eigenvalue weighted by Crippen LogP contribution is -2.05. The summed E-state index contributed by atoms with van der Waals surface area (Å²) < 4.78 is 11.2. The zero-order chi connectivity index (χ0) is 13.7. The van der Waals surface area contributed by atoms with Crippen LogP contribution >= 0.6 is 11.8 Å². The monoisotopic (exact) mass is 282 g/mol. The number of hydrogen-bond donors (Lipinski definition) is 1. The second-order valence-corrected chi connectivity index (χ2v) is 6.30. The number of ether oxygens (including phenoxy) is 2. The van der Waals surface area contributed by atoms with Gasteiger partial charge in [0.1, 0.15) is 0 Å². The summed E-state index contributed by atoms with van der Waals surface area (Å²) in [5, 5.41) is 10.8. The minimum Gasteiger partial charge on any atom is -0.490 e. The Morgan fingerprint density at radius 1 is 1.26 bits per heavy atom. The van der Waals surface area contributed by atoms with Gasteiger partial charge in [-0.15, -0.1) is 0 Å². The highest BCUT2D eigenvalue weighted by Gasteiger charge is 2.15. The summed E-state index contributed by atoms with van der Waals surface area (Å²) in [4.78, 5) is 0. The maximum Gasteiger partial charge on any atom is 0.161 e. The summed E-state index contributed by atoms with van der Waals surface area (Å²) in [7, 11) is 0. The Hall–Kier alpha value is -0.870. The summed E-state index contributed by atoms with van der Waals surface area (Å²) in [5.41, 5.74) is 0.903. The van der Waals surface area contributed by atoms with Gasteiger partial charge in [-0.05, 0) is 24.1 Å². The van der Waals surface area contributed by atoms with Crippen LogP contribution in [0.5, 0.6) is 11.5 Å². The standard InChI is InChI=1S/C15H22O3S/c1-3-11(2)19-10-13(16)12-5-6-14-15(9-12)18-8-4-7-17-14/h5-6,9,11,13,16H,3-4,7-8,10H2,1-2H3. The van der Waals surface area contributed by atoms with Gasteiger partial charge in [-0.3, -0.25) is 0 Å². The van der Waals surface area contributed by atoms with Crippen LogP contribution in [-0.2, 0) is 0 Å². The zero-order valence-corrected chi connectivity index (χ0v) is 12.4. The van der Waals surface area contributed by atoms with Crippen LogP contribution in [-0.4, -0.2) is 29.3 Å². The predicted molar refractivity (Wildman–Crippen MR) is 79.2 cm³/mol. The molecule has 3 nitrogen and oxygen atoms in total. The van der Waals surface area contributed by atoms with Gasteiger partial charge in [-0.2, -0.15) is 11.8 Å². The summed E-state index contributed by atoms with van der Waals surface area (Å²) in [6.45, 7) is 5.72. The summed E-state index contributed by atoms with van der Waals surface area (Å²) >= 11 is 1.80. The molecule has 1 aliphatic rings. The van der Waals surface area contributed by atoms with E-state index in [1.165, 1.54) is 0 Å². The maximum absolute atomic E-state index is 10.2. The summed E-state index contributed by atoms with van der Waals surface area (Å²) in [5.74, 6) is 2.25. The molecule has 1 aromatic carbocycles. The van der Waals surface area contributed by atoms with Gasteiger partial charge in [0, 0.05) is 17.4 Å². The first-order valence-corrected chi connectivity index (χ1v) is 7.94. The van der Waals surface area contributed by atoms with Gasteiger partial charge < -0.3 is 14.6 Å². The molecule has 0 spiro atoms. The number of hydrogen-bond acceptors (Lipinski definition) is 4. The lowest BCUT2D eigenvalue weighted by Gasteiger charge is -2.15. The highest BCUT2D eigenvalue weighted by atomic mass is 32.2. The van der Waals surface area contributed by atoms with Gasteiger partial charge in [-0.1, -0.05) is 19.9 Å². The molecule has 0 saturated carbocycles. The Labute approximate surface area is 119 Å². The lowest BCUT2D eigenvalue weighted by molar-refractivity contribution is 0.203. The van der Waals surface area contributed by atoms with Crippen molar-refractivity contribution in [3.63, 3.8) is 0 Å². The number of thioether (sulfide) groups is 1. The number of benzene rings is 1. The van der Waals surface area contributed by atoms with Crippen molar-refractivity contribution in [2.45, 2.75) is 38.0 Å². The Kier molecular flexibility index (Phi) is 5.40. The van der Waals surface area contributed by atoms with Crippen LogP contribution in [0.1, 0.15) is 38.4 Å². The number of aliphatic hydroxyl groups is 1. The van der Waals surface area contributed by atoms with Crippen LogP contribution in [0.2, 0.25) is 0 Å². The van der Waals surface area contributed by atoms with E-state index in [1.807, 2.05) is 18.2 Å². The Balaban J connectivity index is 2.02. The first-order valence-electron chi connectivity index (χ1n) is 6.90. The molecule has 0 amide bonds. The molecule has 106 valence electrons. The van der Waals surface area contributed by atoms with Crippen molar-refractivity contribution in [2.75, 3.05) is 19.0 Å². The molecule has 0 aromatic heterocycles. The van der Waals surface area contributed by atoms with E-state index in [0.717, 1.165) is 29.9 Å². The van der Waals surface area contributed by atoms with E-state index in [-0.39, 0.29) is 0 Å². The normalized spacial score (nSPS) is 17.6. The average Bonchev–Trinajstić information content (AvgIpc) is 2.68. The molecule has 1 aliphatic heterocycles. The van der Waals surface area contributed by atoms with E-state index >= 15 is 0 Å². The Morgan fingerprint density at radius 3 is 2.74 bits per heavy atom. The number of fused-ring (bicyclic) bond motifs is 1. The zero-order valence-electron chi connectivity index (χ0n) is 11.6. The van der Waals surface area contributed by atoms with E-state index < -0.39 is 6.10 Å². The molecular weight excluding hydrogens is 260 g/mol. The van der Waals surface area contributed by atoms with Gasteiger partial charge >= 0.3 is 0 Å². The van der Waals surface area contributed by atoms with E-state index in [0.29, 0.717) is 24.2 Å². The molecule has 1 N–H and O–H groups in total. The molecule has 4 heteroatoms. The minimum atomic E-state index is -0.448. The smallest absolute Gasteiger partial charge is 0.161 e. The van der Waals surface area contributed by atoms with Crippen molar-refractivity contribution in [3.8, 4) is 11.5 Å². The summed E-state index contributed by atoms with van der Waals surface area (Å²) in [6, 6.07) is 5.73. The lowest BCUT2D eigenvalue weighted by atomic mass is 10.1. The quantitative estimate of drug-likeness (QED) is 0.898. The Bertz CT molecular complexity index is 408. The SMILES string of the molecule is CCC(C)SCC(O)c1ccc2c(c1)OCCCO2. The molecule has 0 saturated heterocycles. The third-order valence-electron chi connectivity index (χ3n) is 3.27. The van der Waals surface area contributed by atoms with Crippen molar-refractivity contribution in [1.82, 2.24) is 0 Å². The van der Waals surface area contributed by atoms with Crippen molar-refractivity contribution < 1.29 is 14.6 Å². The number of rotatable bonds is 5. The molecule has 1 aromatic rings. The van der Waals surface area contributed by atoms with Gasteiger partial charge in [0.15, 0.2) is 11.5 Å². The van der Waals surface area contributed by atoms with Crippen LogP contribution in [0.15, 0.2) is 18.2 Å². The largest absolute Gasteiger partial charge is 0.490 e. The van der Waals surface area contributed by atoms with Crippen LogP contribution in [0, 0.1) is 0 Å². The topological polar surface area (TPSA) is 38.7 Å². The fourth-order valence-corrected chi connectivity index (χ4v) is 2.80. The van der Waals surface area contributed by atoms with E-state index in [4.69, 9.17) is 9.47 Å². The highest BCUT2D eigenvalue weighted by molar-refractivity contribution is 7.99. The van der Waals surface area contributed by atoms with Crippen LogP contribution in [0.4, 0.5) is 0 Å². The molecule has 0 bridgehead atoms. The van der Waals surface area contributed by atoms with Crippen molar-refractivity contribution >= 4 is 11.8 Å². The Morgan fingerprint density at radius 2 is 2.00 bits per heavy atom. The van der Waals surface area contributed by atoms with Gasteiger partial charge in [-0.25, -0.2) is 0 Å². The molecule has 1 heterocycles. The second-order valence-electron chi connectivity index (χ2n) is 4.82. The highest BCUT2D eigenvalue weighted by Crippen LogP contribution is 2.33. The van der Waals surface area contributed by atoms with Gasteiger partial charge in [0.2, 0.25) is 0 Å². The van der Waals surface area contributed by atoms with Crippen molar-refractivity contribution in [3.05, 3.63) is 23.8 Å². The maximum atomic E-state index is 10.2. The first-order chi connectivity index (χ1) is 9.20. The molecular formula is C15H22O3S. The second kappa shape index (κ2) is 7.06. The fourth-order valence-electron chi connectivity index (χ4n) is 1.86. The first kappa shape index (κ1) is 14.5. The molecule has 2 unspecified atom stereocenters. The van der Waals surface area contributed by atoms with Crippen molar-refractivity contribution in [1.29, 1.82) is 0 Å². The number of aliphatic hydroxyl groups excluding tert-OH is 1. The molecule has 19 heavy (non-hydrogen) atoms. The van der Waals surface area contributed by atoms with Crippen LogP contribution in [0.3, 0.4) is 0 Å². The third kappa shape index (κ3) is 4.05. The van der Waals surface area contributed by atoms with E-state index in [2.05, 4.69) is 13.8 Å². The molecule has 0 aliphatic carbocycles. The molecule has 0 radical (unpaired) electrons. The fraction of sp³-hybridized carbons (Fsp3) is 0.600. The third-order valence-corrected chi connectivity index (χ3v) is 4.68. The predicted octanol–water partition coefficient (Wildman–Crippen LogP) is 3.41. The molecule has 2 atom stereocenters. The minimum absolute atomic E-state index is 0.448. The van der Waals surface area contributed by atoms with E-state index in [1.54, 1.807) is 11.8 Å². The van der Waals surface area contributed by atoms with Crippen LogP contribution in [0.25, 0.3) is 0 Å². The van der Waals surface area contributed by atoms with Gasteiger partial charge in [0.25, 0.3) is 0 Å². The summed E-state index contributed by atoms with van der Waals surface area (Å²) in [6.07, 6.45) is 1.57. The molecule has 0 fully saturated rings.